The largest absolute Gasteiger partial charge is 0.508 e. The molecule has 0 atom stereocenters. The molecule has 0 radical (unpaired) electrons. The van der Waals surface area contributed by atoms with E-state index in [1.807, 2.05) is 38.7 Å². The lowest BCUT2D eigenvalue weighted by atomic mass is 9.74. The van der Waals surface area contributed by atoms with E-state index in [4.69, 9.17) is 5.73 Å². The Morgan fingerprint density at radius 3 is 2.50 bits per heavy atom. The first kappa shape index (κ1) is 14.9. The van der Waals surface area contributed by atoms with Crippen LogP contribution in [0.1, 0.15) is 38.8 Å². The predicted molar refractivity (Wildman–Crippen MR) is 79.3 cm³/mol. The van der Waals surface area contributed by atoms with Gasteiger partial charge in [0.15, 0.2) is 0 Å². The number of rotatable bonds is 2. The molecule has 0 saturated heterocycles. The molecule has 110 valence electrons. The Bertz CT molecular complexity index is 530. The Labute approximate surface area is 120 Å². The molecule has 20 heavy (non-hydrogen) atoms. The summed E-state index contributed by atoms with van der Waals surface area (Å²) in [6.07, 6.45) is 0.822. The van der Waals surface area contributed by atoms with Crippen LogP contribution in [0.15, 0.2) is 18.2 Å². The van der Waals surface area contributed by atoms with Crippen LogP contribution < -0.4 is 5.73 Å². The Hall–Kier alpha value is -1.55. The van der Waals surface area contributed by atoms with Crippen molar-refractivity contribution in [1.29, 1.82) is 0 Å². The van der Waals surface area contributed by atoms with E-state index in [-0.39, 0.29) is 11.7 Å². The van der Waals surface area contributed by atoms with Crippen molar-refractivity contribution in [3.63, 3.8) is 0 Å². The van der Waals surface area contributed by atoms with Gasteiger partial charge in [-0.15, -0.1) is 0 Å². The number of fused-ring (bicyclic) bond motifs is 1. The molecule has 0 aromatic heterocycles. The summed E-state index contributed by atoms with van der Waals surface area (Å²) in [5, 5.41) is 9.58. The molecule has 0 aliphatic carbocycles. The van der Waals surface area contributed by atoms with Crippen molar-refractivity contribution in [3.8, 4) is 5.75 Å². The number of phenolic OH excluding ortho intramolecular Hbond substituents is 1. The second-order valence-corrected chi connectivity index (χ2v) is 6.78. The molecule has 0 saturated carbocycles. The van der Waals surface area contributed by atoms with E-state index >= 15 is 0 Å². The van der Waals surface area contributed by atoms with Crippen LogP contribution in [0.25, 0.3) is 0 Å². The van der Waals surface area contributed by atoms with Crippen LogP contribution in [0.5, 0.6) is 5.75 Å². The van der Waals surface area contributed by atoms with Gasteiger partial charge < -0.3 is 15.7 Å². The van der Waals surface area contributed by atoms with Crippen LogP contribution >= 0.6 is 0 Å². The van der Waals surface area contributed by atoms with Gasteiger partial charge in [-0.1, -0.05) is 6.07 Å². The van der Waals surface area contributed by atoms with Crippen LogP contribution in [0.4, 0.5) is 0 Å². The number of aromatic hydroxyl groups is 1. The van der Waals surface area contributed by atoms with Crippen molar-refractivity contribution < 1.29 is 9.90 Å². The summed E-state index contributed by atoms with van der Waals surface area (Å²) < 4.78 is 0. The van der Waals surface area contributed by atoms with Crippen LogP contribution in [-0.2, 0) is 17.8 Å². The topological polar surface area (TPSA) is 66.6 Å². The molecule has 0 bridgehead atoms. The number of nitrogens with zero attached hydrogens (tertiary/aromatic N) is 1. The molecule has 1 aromatic rings. The molecule has 1 aliphatic heterocycles. The van der Waals surface area contributed by atoms with Crippen molar-refractivity contribution in [1.82, 2.24) is 4.90 Å². The van der Waals surface area contributed by atoms with E-state index in [0.29, 0.717) is 13.1 Å². The summed E-state index contributed by atoms with van der Waals surface area (Å²) in [5.41, 5.74) is 7.18. The summed E-state index contributed by atoms with van der Waals surface area (Å²) in [6, 6.07) is 5.38. The lowest BCUT2D eigenvalue weighted by Gasteiger charge is -2.42. The van der Waals surface area contributed by atoms with Gasteiger partial charge in [-0.2, -0.15) is 0 Å². The first-order chi connectivity index (χ1) is 9.13. The van der Waals surface area contributed by atoms with Gasteiger partial charge in [-0.05, 0) is 57.4 Å². The van der Waals surface area contributed by atoms with Crippen molar-refractivity contribution in [2.24, 2.45) is 11.1 Å². The zero-order valence-electron chi connectivity index (χ0n) is 12.7. The molecular weight excluding hydrogens is 252 g/mol. The SMILES string of the molecule is CC(C)(N)C(C)(C)C(=O)N1CCc2ccc(O)cc2C1. The van der Waals surface area contributed by atoms with Crippen molar-refractivity contribution >= 4 is 5.91 Å². The summed E-state index contributed by atoms with van der Waals surface area (Å²) in [5.74, 6) is 0.315. The zero-order valence-corrected chi connectivity index (χ0v) is 12.7. The van der Waals surface area contributed by atoms with E-state index in [1.54, 1.807) is 12.1 Å². The molecule has 1 heterocycles. The van der Waals surface area contributed by atoms with Gasteiger partial charge in [0.2, 0.25) is 5.91 Å². The summed E-state index contributed by atoms with van der Waals surface area (Å²) in [6.45, 7) is 8.81. The maximum atomic E-state index is 12.7. The number of hydrogen-bond acceptors (Lipinski definition) is 3. The van der Waals surface area contributed by atoms with Crippen molar-refractivity contribution in [3.05, 3.63) is 29.3 Å². The molecule has 1 amide bonds. The number of carbonyl (C=O) groups excluding carboxylic acids is 1. The number of benzene rings is 1. The third-order valence-electron chi connectivity index (χ3n) is 4.63. The third kappa shape index (κ3) is 2.52. The van der Waals surface area contributed by atoms with Crippen molar-refractivity contribution in [2.45, 2.75) is 46.2 Å². The lowest BCUT2D eigenvalue weighted by Crippen LogP contribution is -2.57. The molecule has 0 unspecified atom stereocenters. The van der Waals surface area contributed by atoms with Gasteiger partial charge in [0.25, 0.3) is 0 Å². The predicted octanol–water partition coefficient (Wildman–Crippen LogP) is 2.04. The fourth-order valence-corrected chi connectivity index (χ4v) is 2.39. The monoisotopic (exact) mass is 276 g/mol. The molecule has 1 aliphatic rings. The van der Waals surface area contributed by atoms with Crippen LogP contribution in [-0.4, -0.2) is 28.0 Å². The fourth-order valence-electron chi connectivity index (χ4n) is 2.39. The van der Waals surface area contributed by atoms with E-state index in [1.165, 1.54) is 5.56 Å². The van der Waals surface area contributed by atoms with Gasteiger partial charge >= 0.3 is 0 Å². The minimum absolute atomic E-state index is 0.0685. The highest BCUT2D eigenvalue weighted by molar-refractivity contribution is 5.83. The summed E-state index contributed by atoms with van der Waals surface area (Å²) in [4.78, 5) is 14.6. The van der Waals surface area contributed by atoms with Gasteiger partial charge in [0, 0.05) is 18.6 Å². The molecule has 4 nitrogen and oxygen atoms in total. The smallest absolute Gasteiger partial charge is 0.230 e. The zero-order chi connectivity index (χ0) is 15.1. The van der Waals surface area contributed by atoms with Crippen LogP contribution in [0, 0.1) is 5.41 Å². The number of phenols is 1. The number of hydrogen-bond donors (Lipinski definition) is 2. The van der Waals surface area contributed by atoms with Gasteiger partial charge in [0.1, 0.15) is 5.75 Å². The van der Waals surface area contributed by atoms with Crippen LogP contribution in [0.3, 0.4) is 0 Å². The Balaban J connectivity index is 2.23. The average molecular weight is 276 g/mol. The van der Waals surface area contributed by atoms with Gasteiger partial charge in [-0.25, -0.2) is 0 Å². The highest BCUT2D eigenvalue weighted by Gasteiger charge is 2.43. The normalized spacial score (nSPS) is 15.9. The van der Waals surface area contributed by atoms with Crippen molar-refractivity contribution in [2.75, 3.05) is 6.54 Å². The second kappa shape index (κ2) is 4.77. The van der Waals surface area contributed by atoms with E-state index in [2.05, 4.69) is 0 Å². The molecule has 2 rings (SSSR count). The number of amides is 1. The fraction of sp³-hybridized carbons (Fsp3) is 0.562. The van der Waals surface area contributed by atoms with Gasteiger partial charge in [-0.3, -0.25) is 4.79 Å². The molecule has 4 heteroatoms. The Morgan fingerprint density at radius 1 is 1.25 bits per heavy atom. The average Bonchev–Trinajstić information content (AvgIpc) is 2.35. The first-order valence-corrected chi connectivity index (χ1v) is 7.02. The lowest BCUT2D eigenvalue weighted by molar-refractivity contribution is -0.144. The Morgan fingerprint density at radius 2 is 1.90 bits per heavy atom. The molecule has 3 N–H and O–H groups in total. The van der Waals surface area contributed by atoms with Gasteiger partial charge in [0.05, 0.1) is 5.41 Å². The number of carbonyl (C=O) groups is 1. The minimum Gasteiger partial charge on any atom is -0.508 e. The minimum atomic E-state index is -0.624. The number of nitrogens with two attached hydrogens (primary N) is 1. The quantitative estimate of drug-likeness (QED) is 0.868. The molecule has 0 spiro atoms. The molecule has 0 fully saturated rings. The van der Waals surface area contributed by atoms with Crippen LogP contribution in [0.2, 0.25) is 0 Å². The third-order valence-corrected chi connectivity index (χ3v) is 4.63. The molecule has 1 aromatic carbocycles. The van der Waals surface area contributed by atoms with E-state index < -0.39 is 11.0 Å². The molecular formula is C16H24N2O2. The summed E-state index contributed by atoms with van der Waals surface area (Å²) in [7, 11) is 0. The highest BCUT2D eigenvalue weighted by Crippen LogP contribution is 2.33. The van der Waals surface area contributed by atoms with E-state index in [0.717, 1.165) is 12.0 Å². The highest BCUT2D eigenvalue weighted by atomic mass is 16.3. The standard InChI is InChI=1S/C16H24N2O2/c1-15(2,16(3,4)17)14(20)18-8-7-11-5-6-13(19)9-12(11)10-18/h5-6,9,19H,7-8,10,17H2,1-4H3. The Kier molecular flexibility index (Phi) is 3.54. The maximum absolute atomic E-state index is 12.7. The first-order valence-electron chi connectivity index (χ1n) is 7.02. The van der Waals surface area contributed by atoms with E-state index in [9.17, 15) is 9.90 Å². The summed E-state index contributed by atoms with van der Waals surface area (Å²) >= 11 is 0. The maximum Gasteiger partial charge on any atom is 0.230 e. The second-order valence-electron chi connectivity index (χ2n) is 6.78.